The van der Waals surface area contributed by atoms with Crippen LogP contribution in [0.1, 0.15) is 0 Å². The molecule has 1 nitrogen and oxygen atoms in total. The molecule has 60 valence electrons. The summed E-state index contributed by atoms with van der Waals surface area (Å²) in [7, 11) is 1.47. The van der Waals surface area contributed by atoms with E-state index in [1.54, 1.807) is 12.1 Å². The minimum atomic E-state index is -0.396. The average molecular weight is 237 g/mol. The lowest BCUT2D eigenvalue weighted by Crippen LogP contribution is -1.88. The van der Waals surface area contributed by atoms with E-state index in [0.29, 0.717) is 10.2 Å². The fourth-order valence-electron chi connectivity index (χ4n) is 0.687. The van der Waals surface area contributed by atoms with Crippen LogP contribution in [0.3, 0.4) is 0 Å². The Hall–Kier alpha value is -0.220. The molecule has 0 aliphatic rings. The van der Waals surface area contributed by atoms with E-state index in [4.69, 9.17) is 4.74 Å². The molecule has 1 rings (SSSR count). The van der Waals surface area contributed by atoms with Crippen molar-refractivity contribution >= 4 is 28.6 Å². The number of benzene rings is 1. The van der Waals surface area contributed by atoms with Crippen molar-refractivity contribution in [2.75, 3.05) is 7.11 Å². The maximum Gasteiger partial charge on any atom is 0.154 e. The van der Waals surface area contributed by atoms with Crippen molar-refractivity contribution in [2.45, 2.75) is 4.90 Å². The molecule has 0 aliphatic carbocycles. The van der Waals surface area contributed by atoms with E-state index in [2.05, 4.69) is 28.6 Å². The maximum absolute atomic E-state index is 13.0. The van der Waals surface area contributed by atoms with Gasteiger partial charge in [0, 0.05) is 0 Å². The molecular formula is C7H6BrFOS. The first-order valence-corrected chi connectivity index (χ1v) is 4.11. The van der Waals surface area contributed by atoms with Crippen molar-refractivity contribution in [3.63, 3.8) is 0 Å². The van der Waals surface area contributed by atoms with E-state index in [-0.39, 0.29) is 4.90 Å². The lowest BCUT2D eigenvalue weighted by molar-refractivity contribution is 0.397. The quantitative estimate of drug-likeness (QED) is 0.739. The van der Waals surface area contributed by atoms with Crippen molar-refractivity contribution < 1.29 is 9.13 Å². The van der Waals surface area contributed by atoms with Gasteiger partial charge in [-0.2, -0.15) is 0 Å². The van der Waals surface area contributed by atoms with Gasteiger partial charge < -0.3 is 4.74 Å². The monoisotopic (exact) mass is 236 g/mol. The predicted octanol–water partition coefficient (Wildman–Crippen LogP) is 2.89. The molecule has 0 bridgehead atoms. The first-order valence-electron chi connectivity index (χ1n) is 2.87. The van der Waals surface area contributed by atoms with Crippen molar-refractivity contribution in [2.24, 2.45) is 0 Å². The zero-order valence-electron chi connectivity index (χ0n) is 5.77. The molecule has 0 heterocycles. The van der Waals surface area contributed by atoms with Crippen LogP contribution in [0.2, 0.25) is 0 Å². The highest BCUT2D eigenvalue weighted by atomic mass is 79.9. The second-order valence-electron chi connectivity index (χ2n) is 1.91. The summed E-state index contributed by atoms with van der Waals surface area (Å²) in [5.74, 6) is 0.0433. The van der Waals surface area contributed by atoms with Gasteiger partial charge in [-0.1, -0.05) is 0 Å². The molecule has 1 aromatic rings. The standard InChI is InChI=1S/C7H6BrFOS/c1-10-5-3-2-4(8)6(9)7(5)11/h2-3,11H,1H3. The Balaban J connectivity index is 3.25. The minimum Gasteiger partial charge on any atom is -0.495 e. The molecule has 0 saturated carbocycles. The largest absolute Gasteiger partial charge is 0.495 e. The summed E-state index contributed by atoms with van der Waals surface area (Å²) in [6.45, 7) is 0. The van der Waals surface area contributed by atoms with E-state index in [1.807, 2.05) is 0 Å². The highest BCUT2D eigenvalue weighted by Crippen LogP contribution is 2.29. The molecule has 0 aliphatic heterocycles. The van der Waals surface area contributed by atoms with Crippen molar-refractivity contribution in [3.05, 3.63) is 22.4 Å². The van der Waals surface area contributed by atoms with Gasteiger partial charge in [0.15, 0.2) is 5.82 Å². The smallest absolute Gasteiger partial charge is 0.154 e. The average Bonchev–Trinajstić information content (AvgIpc) is 2.01. The normalized spacial score (nSPS) is 9.82. The third-order valence-electron chi connectivity index (χ3n) is 1.25. The fourth-order valence-corrected chi connectivity index (χ4v) is 1.46. The number of ether oxygens (including phenoxy) is 1. The van der Waals surface area contributed by atoms with Crippen LogP contribution in [-0.4, -0.2) is 7.11 Å². The van der Waals surface area contributed by atoms with Crippen LogP contribution < -0.4 is 4.74 Å². The van der Waals surface area contributed by atoms with Gasteiger partial charge in [-0.3, -0.25) is 0 Å². The second-order valence-corrected chi connectivity index (χ2v) is 3.21. The summed E-state index contributed by atoms with van der Waals surface area (Å²) < 4.78 is 18.2. The zero-order valence-corrected chi connectivity index (χ0v) is 8.25. The zero-order chi connectivity index (χ0) is 8.43. The first kappa shape index (κ1) is 8.87. The molecule has 0 unspecified atom stereocenters. The van der Waals surface area contributed by atoms with Gasteiger partial charge in [0.1, 0.15) is 5.75 Å². The molecule has 0 spiro atoms. The summed E-state index contributed by atoms with van der Waals surface area (Å²) >= 11 is 6.96. The van der Waals surface area contributed by atoms with Gasteiger partial charge in [-0.15, -0.1) is 12.6 Å². The number of hydrogen-bond acceptors (Lipinski definition) is 2. The lowest BCUT2D eigenvalue weighted by atomic mass is 10.3. The molecule has 0 saturated heterocycles. The van der Waals surface area contributed by atoms with Crippen molar-refractivity contribution in [3.8, 4) is 5.75 Å². The minimum absolute atomic E-state index is 0.224. The molecule has 0 aromatic heterocycles. The summed E-state index contributed by atoms with van der Waals surface area (Å²) in [6, 6.07) is 3.23. The Morgan fingerprint density at radius 2 is 2.18 bits per heavy atom. The maximum atomic E-state index is 13.0. The summed E-state index contributed by atoms with van der Waals surface area (Å²) in [5, 5.41) is 0. The molecule has 0 fully saturated rings. The molecule has 0 radical (unpaired) electrons. The van der Waals surface area contributed by atoms with Gasteiger partial charge in [0.2, 0.25) is 0 Å². The third-order valence-corrected chi connectivity index (χ3v) is 2.28. The third kappa shape index (κ3) is 1.68. The van der Waals surface area contributed by atoms with Crippen LogP contribution in [0.25, 0.3) is 0 Å². The second kappa shape index (κ2) is 3.45. The highest BCUT2D eigenvalue weighted by molar-refractivity contribution is 9.10. The van der Waals surface area contributed by atoms with Crippen LogP contribution in [-0.2, 0) is 0 Å². The van der Waals surface area contributed by atoms with E-state index in [1.165, 1.54) is 7.11 Å². The Bertz CT molecular complexity index is 277. The van der Waals surface area contributed by atoms with Gasteiger partial charge in [-0.25, -0.2) is 4.39 Å². The molecule has 0 atom stereocenters. The molecule has 11 heavy (non-hydrogen) atoms. The Labute approximate surface area is 78.1 Å². The SMILES string of the molecule is COc1ccc(Br)c(F)c1S. The van der Waals surface area contributed by atoms with Crippen molar-refractivity contribution in [1.82, 2.24) is 0 Å². The summed E-state index contributed by atoms with van der Waals surface area (Å²) in [4.78, 5) is 0.224. The van der Waals surface area contributed by atoms with Crippen LogP contribution in [0.15, 0.2) is 21.5 Å². The van der Waals surface area contributed by atoms with Crippen molar-refractivity contribution in [1.29, 1.82) is 0 Å². The van der Waals surface area contributed by atoms with Crippen LogP contribution in [0.4, 0.5) is 4.39 Å². The molecule has 0 N–H and O–H groups in total. The Kier molecular flexibility index (Phi) is 2.78. The summed E-state index contributed by atoms with van der Waals surface area (Å²) in [5.41, 5.74) is 0. The van der Waals surface area contributed by atoms with Crippen LogP contribution >= 0.6 is 28.6 Å². The number of halogens is 2. The van der Waals surface area contributed by atoms with Gasteiger partial charge in [0.25, 0.3) is 0 Å². The molecule has 0 amide bonds. The van der Waals surface area contributed by atoms with Gasteiger partial charge in [0.05, 0.1) is 16.5 Å². The Morgan fingerprint density at radius 3 is 2.73 bits per heavy atom. The van der Waals surface area contributed by atoms with E-state index < -0.39 is 5.82 Å². The molecule has 4 heteroatoms. The number of thiol groups is 1. The highest BCUT2D eigenvalue weighted by Gasteiger charge is 2.07. The number of hydrogen-bond donors (Lipinski definition) is 1. The Morgan fingerprint density at radius 1 is 1.55 bits per heavy atom. The van der Waals surface area contributed by atoms with Gasteiger partial charge in [-0.05, 0) is 28.1 Å². The van der Waals surface area contributed by atoms with E-state index in [9.17, 15) is 4.39 Å². The molecule has 1 aromatic carbocycles. The van der Waals surface area contributed by atoms with E-state index >= 15 is 0 Å². The van der Waals surface area contributed by atoms with Crippen LogP contribution in [0.5, 0.6) is 5.75 Å². The fraction of sp³-hybridized carbons (Fsp3) is 0.143. The molecular weight excluding hydrogens is 231 g/mol. The number of rotatable bonds is 1. The number of methoxy groups -OCH3 is 1. The van der Waals surface area contributed by atoms with Gasteiger partial charge >= 0.3 is 0 Å². The van der Waals surface area contributed by atoms with Crippen LogP contribution in [0, 0.1) is 5.82 Å². The predicted molar refractivity (Wildman–Crippen MR) is 47.9 cm³/mol. The lowest BCUT2D eigenvalue weighted by Gasteiger charge is -2.04. The first-order chi connectivity index (χ1) is 5.16. The topological polar surface area (TPSA) is 9.23 Å². The van der Waals surface area contributed by atoms with E-state index in [0.717, 1.165) is 0 Å². The summed E-state index contributed by atoms with van der Waals surface area (Å²) in [6.07, 6.45) is 0.